The van der Waals surface area contributed by atoms with E-state index in [0.717, 1.165) is 17.7 Å². The smallest absolute Gasteiger partial charge is 0.258 e. The van der Waals surface area contributed by atoms with Crippen LogP contribution in [0.25, 0.3) is 0 Å². The summed E-state index contributed by atoms with van der Waals surface area (Å²) >= 11 is 0. The molecule has 1 aromatic rings. The van der Waals surface area contributed by atoms with Crippen LogP contribution < -0.4 is 10.9 Å². The van der Waals surface area contributed by atoms with Crippen molar-refractivity contribution in [2.45, 2.75) is 20.3 Å². The molecule has 0 spiro atoms. The molecule has 0 aliphatic carbocycles. The van der Waals surface area contributed by atoms with E-state index in [2.05, 4.69) is 10.3 Å². The summed E-state index contributed by atoms with van der Waals surface area (Å²) in [5.41, 5.74) is 1.65. The van der Waals surface area contributed by atoms with Gasteiger partial charge in [-0.2, -0.15) is 0 Å². The van der Waals surface area contributed by atoms with E-state index in [9.17, 15) is 4.79 Å². The molecule has 4 nitrogen and oxygen atoms in total. The van der Waals surface area contributed by atoms with E-state index in [1.54, 1.807) is 14.1 Å². The molecule has 0 saturated heterocycles. The molecule has 0 saturated carbocycles. The van der Waals surface area contributed by atoms with Gasteiger partial charge in [-0.3, -0.25) is 9.36 Å². The molecule has 0 aliphatic heterocycles. The first kappa shape index (κ1) is 9.77. The molecule has 13 heavy (non-hydrogen) atoms. The van der Waals surface area contributed by atoms with E-state index < -0.39 is 0 Å². The Morgan fingerprint density at radius 1 is 1.54 bits per heavy atom. The number of aryl methyl sites for hydroxylation is 1. The molecule has 4 heteroatoms. The maximum absolute atomic E-state index is 11.7. The average Bonchev–Trinajstić information content (AvgIpc) is 2.12. The molecule has 1 N–H and O–H groups in total. The van der Waals surface area contributed by atoms with Crippen LogP contribution in [-0.4, -0.2) is 16.6 Å². The summed E-state index contributed by atoms with van der Waals surface area (Å²) in [7, 11) is 3.48. The molecule has 0 bridgehead atoms. The van der Waals surface area contributed by atoms with Gasteiger partial charge >= 0.3 is 0 Å². The third kappa shape index (κ3) is 1.56. The second kappa shape index (κ2) is 3.60. The highest BCUT2D eigenvalue weighted by molar-refractivity contribution is 5.30. The summed E-state index contributed by atoms with van der Waals surface area (Å²) in [6.45, 7) is 3.82. The van der Waals surface area contributed by atoms with Crippen LogP contribution in [0.4, 0.5) is 5.95 Å². The van der Waals surface area contributed by atoms with E-state index in [1.807, 2.05) is 13.8 Å². The lowest BCUT2D eigenvalue weighted by Crippen LogP contribution is -2.25. The second-order valence-corrected chi connectivity index (χ2v) is 2.97. The van der Waals surface area contributed by atoms with Crippen LogP contribution in [0.5, 0.6) is 0 Å². The van der Waals surface area contributed by atoms with Crippen LogP contribution in [0.15, 0.2) is 4.79 Å². The number of anilines is 1. The van der Waals surface area contributed by atoms with Crippen LogP contribution in [-0.2, 0) is 13.5 Å². The normalized spacial score (nSPS) is 10.2. The lowest BCUT2D eigenvalue weighted by Gasteiger charge is -2.09. The Balaban J connectivity index is 3.46. The van der Waals surface area contributed by atoms with Crippen molar-refractivity contribution in [1.29, 1.82) is 0 Å². The summed E-state index contributed by atoms with van der Waals surface area (Å²) in [5.74, 6) is 0.611. The fraction of sp³-hybridized carbons (Fsp3) is 0.556. The van der Waals surface area contributed by atoms with E-state index >= 15 is 0 Å². The second-order valence-electron chi connectivity index (χ2n) is 2.97. The van der Waals surface area contributed by atoms with Gasteiger partial charge in [0.15, 0.2) is 0 Å². The standard InChI is InChI=1S/C9H15N3O/c1-5-7-6(2)11-9(10-3)12(4)8(7)13/h5H2,1-4H3,(H,10,11). The Labute approximate surface area is 77.6 Å². The first-order valence-electron chi connectivity index (χ1n) is 4.36. The molecule has 0 fully saturated rings. The number of rotatable bonds is 2. The first-order valence-corrected chi connectivity index (χ1v) is 4.36. The Kier molecular flexibility index (Phi) is 2.70. The highest BCUT2D eigenvalue weighted by atomic mass is 16.1. The van der Waals surface area contributed by atoms with Crippen LogP contribution in [0.3, 0.4) is 0 Å². The fourth-order valence-corrected chi connectivity index (χ4v) is 1.39. The quantitative estimate of drug-likeness (QED) is 0.730. The highest BCUT2D eigenvalue weighted by Crippen LogP contribution is 2.04. The molecule has 72 valence electrons. The molecule has 0 unspecified atom stereocenters. The van der Waals surface area contributed by atoms with Crippen molar-refractivity contribution in [3.05, 3.63) is 21.6 Å². The van der Waals surface area contributed by atoms with Crippen LogP contribution >= 0.6 is 0 Å². The summed E-state index contributed by atoms with van der Waals surface area (Å²) in [4.78, 5) is 16.0. The third-order valence-corrected chi connectivity index (χ3v) is 2.17. The lowest BCUT2D eigenvalue weighted by atomic mass is 10.2. The van der Waals surface area contributed by atoms with Gasteiger partial charge in [-0.1, -0.05) is 6.92 Å². The van der Waals surface area contributed by atoms with Crippen LogP contribution in [0, 0.1) is 6.92 Å². The SMILES string of the molecule is CCc1c(C)nc(NC)n(C)c1=O. The van der Waals surface area contributed by atoms with Gasteiger partial charge in [-0.25, -0.2) is 4.98 Å². The number of hydrogen-bond acceptors (Lipinski definition) is 3. The summed E-state index contributed by atoms with van der Waals surface area (Å²) in [5, 5.41) is 2.88. The van der Waals surface area contributed by atoms with Crippen LogP contribution in [0.1, 0.15) is 18.2 Å². The van der Waals surface area contributed by atoms with Gasteiger partial charge in [0, 0.05) is 25.4 Å². The van der Waals surface area contributed by atoms with Crippen molar-refractivity contribution in [1.82, 2.24) is 9.55 Å². The number of aromatic nitrogens is 2. The third-order valence-electron chi connectivity index (χ3n) is 2.17. The summed E-state index contributed by atoms with van der Waals surface area (Å²) < 4.78 is 1.53. The van der Waals surface area contributed by atoms with E-state index in [-0.39, 0.29) is 5.56 Å². The maximum Gasteiger partial charge on any atom is 0.258 e. The number of nitrogens with one attached hydrogen (secondary N) is 1. The van der Waals surface area contributed by atoms with Crippen molar-refractivity contribution < 1.29 is 0 Å². The lowest BCUT2D eigenvalue weighted by molar-refractivity contribution is 0.795. The predicted octanol–water partition coefficient (Wildman–Crippen LogP) is 0.693. The Morgan fingerprint density at radius 3 is 2.62 bits per heavy atom. The molecule has 1 heterocycles. The topological polar surface area (TPSA) is 46.9 Å². The molecule has 1 aromatic heterocycles. The van der Waals surface area contributed by atoms with Crippen LogP contribution in [0.2, 0.25) is 0 Å². The Morgan fingerprint density at radius 2 is 2.15 bits per heavy atom. The van der Waals surface area contributed by atoms with E-state index in [4.69, 9.17) is 0 Å². The van der Waals surface area contributed by atoms with Crippen molar-refractivity contribution in [2.24, 2.45) is 7.05 Å². The van der Waals surface area contributed by atoms with Gasteiger partial charge in [0.1, 0.15) is 0 Å². The Bertz CT molecular complexity index is 368. The summed E-state index contributed by atoms with van der Waals surface area (Å²) in [6, 6.07) is 0. The van der Waals surface area contributed by atoms with Gasteiger partial charge in [-0.05, 0) is 13.3 Å². The van der Waals surface area contributed by atoms with E-state index in [0.29, 0.717) is 5.95 Å². The van der Waals surface area contributed by atoms with Crippen molar-refractivity contribution in [3.63, 3.8) is 0 Å². The maximum atomic E-state index is 11.7. The zero-order valence-electron chi connectivity index (χ0n) is 8.51. The molecular formula is C9H15N3O. The minimum Gasteiger partial charge on any atom is -0.359 e. The molecule has 1 rings (SSSR count). The zero-order valence-corrected chi connectivity index (χ0v) is 8.51. The minimum absolute atomic E-state index is 0.0411. The molecule has 0 amide bonds. The predicted molar refractivity (Wildman–Crippen MR) is 53.1 cm³/mol. The van der Waals surface area contributed by atoms with Crippen molar-refractivity contribution in [3.8, 4) is 0 Å². The number of hydrogen-bond donors (Lipinski definition) is 1. The molecular weight excluding hydrogens is 166 g/mol. The molecule has 0 radical (unpaired) electrons. The van der Waals surface area contributed by atoms with Crippen molar-refractivity contribution >= 4 is 5.95 Å². The van der Waals surface area contributed by atoms with Gasteiger partial charge in [-0.15, -0.1) is 0 Å². The fourth-order valence-electron chi connectivity index (χ4n) is 1.39. The van der Waals surface area contributed by atoms with Crippen molar-refractivity contribution in [2.75, 3.05) is 12.4 Å². The highest BCUT2D eigenvalue weighted by Gasteiger charge is 2.08. The molecule has 0 atom stereocenters. The minimum atomic E-state index is 0.0411. The average molecular weight is 181 g/mol. The monoisotopic (exact) mass is 181 g/mol. The van der Waals surface area contributed by atoms with Gasteiger partial charge in [0.2, 0.25) is 5.95 Å². The first-order chi connectivity index (χ1) is 6.11. The largest absolute Gasteiger partial charge is 0.359 e. The Hall–Kier alpha value is -1.32. The van der Waals surface area contributed by atoms with Gasteiger partial charge in [0.25, 0.3) is 5.56 Å². The van der Waals surface area contributed by atoms with E-state index in [1.165, 1.54) is 4.57 Å². The van der Waals surface area contributed by atoms with Gasteiger partial charge < -0.3 is 5.32 Å². The number of nitrogens with zero attached hydrogens (tertiary/aromatic N) is 2. The zero-order chi connectivity index (χ0) is 10.0. The summed E-state index contributed by atoms with van der Waals surface area (Å²) in [6.07, 6.45) is 0.732. The van der Waals surface area contributed by atoms with Gasteiger partial charge in [0.05, 0.1) is 0 Å². The molecule has 0 aromatic carbocycles. The molecule has 0 aliphatic rings.